The van der Waals surface area contributed by atoms with Crippen LogP contribution >= 0.6 is 0 Å². The third-order valence-electron chi connectivity index (χ3n) is 5.24. The molecule has 4 heteroatoms. The van der Waals surface area contributed by atoms with Crippen molar-refractivity contribution in [1.82, 2.24) is 0 Å². The number of esters is 2. The van der Waals surface area contributed by atoms with Gasteiger partial charge in [0.1, 0.15) is 12.2 Å². The molecular formula is C17H28O4. The van der Waals surface area contributed by atoms with Gasteiger partial charge in [-0.1, -0.05) is 26.2 Å². The quantitative estimate of drug-likeness (QED) is 0.743. The second kappa shape index (κ2) is 5.62. The van der Waals surface area contributed by atoms with Gasteiger partial charge in [-0.05, 0) is 40.0 Å². The van der Waals surface area contributed by atoms with E-state index in [1.165, 1.54) is 6.42 Å². The Labute approximate surface area is 127 Å². The molecule has 0 radical (unpaired) electrons. The molecule has 120 valence electrons. The Balaban J connectivity index is 1.98. The van der Waals surface area contributed by atoms with Gasteiger partial charge in [0.05, 0.1) is 10.8 Å². The molecule has 1 heterocycles. The number of carbonyl (C=O) groups is 2. The maximum absolute atomic E-state index is 12.3. The Bertz CT molecular complexity index is 421. The Morgan fingerprint density at radius 3 is 2.48 bits per heavy atom. The van der Waals surface area contributed by atoms with E-state index in [1.807, 2.05) is 27.7 Å². The van der Waals surface area contributed by atoms with Crippen LogP contribution in [0.15, 0.2) is 0 Å². The van der Waals surface area contributed by atoms with Crippen LogP contribution in [0.2, 0.25) is 0 Å². The molecule has 0 aromatic heterocycles. The van der Waals surface area contributed by atoms with Gasteiger partial charge < -0.3 is 9.47 Å². The van der Waals surface area contributed by atoms with Gasteiger partial charge in [-0.25, -0.2) is 0 Å². The average Bonchev–Trinajstić information content (AvgIpc) is 2.68. The maximum atomic E-state index is 12.3. The Kier molecular flexibility index (Phi) is 4.36. The molecular weight excluding hydrogens is 268 g/mol. The molecule has 1 unspecified atom stereocenters. The minimum Gasteiger partial charge on any atom is -0.461 e. The predicted molar refractivity (Wildman–Crippen MR) is 79.7 cm³/mol. The number of carbonyl (C=O) groups excluding carboxylic acids is 2. The number of hydrogen-bond acceptors (Lipinski definition) is 4. The third-order valence-corrected chi connectivity index (χ3v) is 5.24. The fourth-order valence-electron chi connectivity index (χ4n) is 3.40. The molecule has 1 atom stereocenters. The molecule has 1 saturated carbocycles. The summed E-state index contributed by atoms with van der Waals surface area (Å²) in [6.07, 6.45) is 6.61. The zero-order chi connectivity index (χ0) is 15.7. The molecule has 1 spiro atoms. The van der Waals surface area contributed by atoms with E-state index >= 15 is 0 Å². The van der Waals surface area contributed by atoms with E-state index in [-0.39, 0.29) is 24.0 Å². The largest absolute Gasteiger partial charge is 0.461 e. The number of hydrogen-bond donors (Lipinski definition) is 0. The third kappa shape index (κ3) is 3.24. The Morgan fingerprint density at radius 2 is 1.90 bits per heavy atom. The summed E-state index contributed by atoms with van der Waals surface area (Å²) in [5.41, 5.74) is -1.46. The van der Waals surface area contributed by atoms with Crippen molar-refractivity contribution in [2.75, 3.05) is 6.61 Å². The first-order valence-corrected chi connectivity index (χ1v) is 8.14. The second-order valence-corrected chi connectivity index (χ2v) is 7.67. The summed E-state index contributed by atoms with van der Waals surface area (Å²) in [6, 6.07) is 0. The molecule has 2 aliphatic rings. The summed E-state index contributed by atoms with van der Waals surface area (Å²) < 4.78 is 11.1. The highest BCUT2D eigenvalue weighted by atomic mass is 16.6. The smallest absolute Gasteiger partial charge is 0.312 e. The standard InChI is InChI=1S/C17H28O4/c1-5-15(2,3)13(18)20-12-16(4)11-17(14(19)21-16)9-7-6-8-10-17/h5-12H2,1-4H3. The van der Waals surface area contributed by atoms with Crippen molar-refractivity contribution in [1.29, 1.82) is 0 Å². The van der Waals surface area contributed by atoms with E-state index in [0.717, 1.165) is 32.1 Å². The lowest BCUT2D eigenvalue weighted by Crippen LogP contribution is -2.36. The number of rotatable bonds is 4. The highest BCUT2D eigenvalue weighted by Crippen LogP contribution is 2.49. The van der Waals surface area contributed by atoms with Crippen LogP contribution in [0.25, 0.3) is 0 Å². The van der Waals surface area contributed by atoms with Gasteiger partial charge in [-0.3, -0.25) is 9.59 Å². The second-order valence-electron chi connectivity index (χ2n) is 7.67. The maximum Gasteiger partial charge on any atom is 0.312 e. The summed E-state index contributed by atoms with van der Waals surface area (Å²) in [7, 11) is 0. The fraction of sp³-hybridized carbons (Fsp3) is 0.882. The zero-order valence-corrected chi connectivity index (χ0v) is 13.8. The van der Waals surface area contributed by atoms with Gasteiger partial charge in [-0.15, -0.1) is 0 Å². The van der Waals surface area contributed by atoms with Crippen LogP contribution in [-0.2, 0) is 19.1 Å². The summed E-state index contributed by atoms with van der Waals surface area (Å²) in [6.45, 7) is 7.78. The van der Waals surface area contributed by atoms with Crippen LogP contribution in [0.4, 0.5) is 0 Å². The van der Waals surface area contributed by atoms with Crippen LogP contribution in [0, 0.1) is 10.8 Å². The van der Waals surface area contributed by atoms with Gasteiger partial charge in [-0.2, -0.15) is 0 Å². The number of cyclic esters (lactones) is 1. The first-order valence-electron chi connectivity index (χ1n) is 8.14. The summed E-state index contributed by atoms with van der Waals surface area (Å²) in [5.74, 6) is -0.303. The Hall–Kier alpha value is -1.06. The van der Waals surface area contributed by atoms with Gasteiger partial charge >= 0.3 is 11.9 Å². The highest BCUT2D eigenvalue weighted by molar-refractivity contribution is 5.80. The van der Waals surface area contributed by atoms with Crippen molar-refractivity contribution < 1.29 is 19.1 Å². The van der Waals surface area contributed by atoms with Crippen molar-refractivity contribution in [3.8, 4) is 0 Å². The van der Waals surface area contributed by atoms with Crippen molar-refractivity contribution in [2.24, 2.45) is 10.8 Å². The van der Waals surface area contributed by atoms with Crippen LogP contribution in [0.5, 0.6) is 0 Å². The lowest BCUT2D eigenvalue weighted by atomic mass is 9.70. The predicted octanol–water partition coefficient (Wildman–Crippen LogP) is 3.62. The molecule has 1 aliphatic carbocycles. The topological polar surface area (TPSA) is 52.6 Å². The van der Waals surface area contributed by atoms with Crippen LogP contribution in [0.3, 0.4) is 0 Å². The minimum atomic E-state index is -0.659. The molecule has 4 nitrogen and oxygen atoms in total. The molecule has 0 bridgehead atoms. The van der Waals surface area contributed by atoms with E-state index in [1.54, 1.807) is 0 Å². The molecule has 21 heavy (non-hydrogen) atoms. The first kappa shape index (κ1) is 16.3. The molecule has 1 aliphatic heterocycles. The molecule has 0 N–H and O–H groups in total. The van der Waals surface area contributed by atoms with E-state index in [0.29, 0.717) is 6.42 Å². The SMILES string of the molecule is CCC(C)(C)C(=O)OCC1(C)CC2(CCCCC2)C(=O)O1. The van der Waals surface area contributed by atoms with Crippen molar-refractivity contribution in [3.05, 3.63) is 0 Å². The normalized spacial score (nSPS) is 28.5. The number of ether oxygens (including phenoxy) is 2. The average molecular weight is 296 g/mol. The minimum absolute atomic E-state index is 0.0875. The van der Waals surface area contributed by atoms with Gasteiger partial charge in [0.2, 0.25) is 0 Å². The lowest BCUT2D eigenvalue weighted by Gasteiger charge is -2.30. The molecule has 0 aromatic carbocycles. The molecule has 1 saturated heterocycles. The monoisotopic (exact) mass is 296 g/mol. The summed E-state index contributed by atoms with van der Waals surface area (Å²) >= 11 is 0. The van der Waals surface area contributed by atoms with Crippen molar-refractivity contribution in [3.63, 3.8) is 0 Å². The lowest BCUT2D eigenvalue weighted by molar-refractivity contribution is -0.168. The summed E-state index contributed by atoms with van der Waals surface area (Å²) in [4.78, 5) is 24.4. The fourth-order valence-corrected chi connectivity index (χ4v) is 3.40. The highest BCUT2D eigenvalue weighted by Gasteiger charge is 2.55. The van der Waals surface area contributed by atoms with Gasteiger partial charge in [0.25, 0.3) is 0 Å². The van der Waals surface area contributed by atoms with Crippen LogP contribution in [-0.4, -0.2) is 24.1 Å². The van der Waals surface area contributed by atoms with Crippen LogP contribution < -0.4 is 0 Å². The zero-order valence-electron chi connectivity index (χ0n) is 13.8. The van der Waals surface area contributed by atoms with Crippen molar-refractivity contribution in [2.45, 2.75) is 78.2 Å². The van der Waals surface area contributed by atoms with Crippen LogP contribution in [0.1, 0.15) is 72.6 Å². The Morgan fingerprint density at radius 1 is 1.29 bits per heavy atom. The first-order chi connectivity index (χ1) is 9.73. The van der Waals surface area contributed by atoms with E-state index in [4.69, 9.17) is 9.47 Å². The molecule has 0 aromatic rings. The van der Waals surface area contributed by atoms with Gasteiger partial charge in [0, 0.05) is 6.42 Å². The molecule has 2 fully saturated rings. The van der Waals surface area contributed by atoms with Gasteiger partial charge in [0.15, 0.2) is 0 Å². The molecule has 0 amide bonds. The van der Waals surface area contributed by atoms with E-state index in [2.05, 4.69) is 0 Å². The molecule has 2 rings (SSSR count). The van der Waals surface area contributed by atoms with E-state index in [9.17, 15) is 9.59 Å². The van der Waals surface area contributed by atoms with Crippen molar-refractivity contribution >= 4 is 11.9 Å². The summed E-state index contributed by atoms with van der Waals surface area (Å²) in [5, 5.41) is 0. The van der Waals surface area contributed by atoms with E-state index < -0.39 is 11.0 Å².